The number of rotatable bonds is 8. The monoisotopic (exact) mass is 426 g/mol. The maximum atomic E-state index is 5.34. The van der Waals surface area contributed by atoms with Gasteiger partial charge < -0.3 is 15.4 Å². The van der Waals surface area contributed by atoms with Gasteiger partial charge >= 0.3 is 0 Å². The Balaban J connectivity index is 1.60. The molecule has 2 aromatic rings. The average Bonchev–Trinajstić information content (AvgIpc) is 3.04. The Labute approximate surface area is 186 Å². The lowest BCUT2D eigenvalue weighted by molar-refractivity contribution is 0.164. The number of hydrogen-bond donors (Lipinski definition) is 2. The van der Waals surface area contributed by atoms with E-state index in [0.717, 1.165) is 50.0 Å². The quantitative estimate of drug-likeness (QED) is 0.502. The Bertz CT molecular complexity index is 852. The van der Waals surface area contributed by atoms with Crippen LogP contribution in [-0.2, 0) is 13.5 Å². The molecule has 7 nitrogen and oxygen atoms in total. The van der Waals surface area contributed by atoms with Crippen molar-refractivity contribution < 1.29 is 4.74 Å². The van der Waals surface area contributed by atoms with Gasteiger partial charge in [0, 0.05) is 32.9 Å². The van der Waals surface area contributed by atoms with Crippen LogP contribution >= 0.6 is 0 Å². The van der Waals surface area contributed by atoms with Crippen LogP contribution in [0.4, 0.5) is 0 Å². The summed E-state index contributed by atoms with van der Waals surface area (Å²) in [5.41, 5.74) is 4.96. The van der Waals surface area contributed by atoms with Crippen molar-refractivity contribution in [3.63, 3.8) is 0 Å². The molecular formula is C24H38N6O. The number of nitrogens with zero attached hydrogens (tertiary/aromatic N) is 4. The predicted molar refractivity (Wildman–Crippen MR) is 127 cm³/mol. The maximum absolute atomic E-state index is 5.34. The van der Waals surface area contributed by atoms with E-state index in [0.29, 0.717) is 6.04 Å². The fraction of sp³-hybridized carbons (Fsp3) is 0.583. The first-order valence-electron chi connectivity index (χ1n) is 11.3. The van der Waals surface area contributed by atoms with Crippen molar-refractivity contribution in [1.29, 1.82) is 0 Å². The van der Waals surface area contributed by atoms with Gasteiger partial charge in [-0.1, -0.05) is 18.6 Å². The Morgan fingerprint density at radius 3 is 2.42 bits per heavy atom. The summed E-state index contributed by atoms with van der Waals surface area (Å²) in [5, 5.41) is 11.5. The highest BCUT2D eigenvalue weighted by Gasteiger charge is 2.22. The number of guanidine groups is 1. The van der Waals surface area contributed by atoms with Gasteiger partial charge in [0.25, 0.3) is 0 Å². The fourth-order valence-corrected chi connectivity index (χ4v) is 4.41. The molecule has 1 aromatic carbocycles. The van der Waals surface area contributed by atoms with Crippen molar-refractivity contribution in [3.05, 3.63) is 46.8 Å². The van der Waals surface area contributed by atoms with Crippen molar-refractivity contribution in [2.24, 2.45) is 12.0 Å². The molecule has 1 aromatic heterocycles. The largest absolute Gasteiger partial charge is 0.497 e. The third kappa shape index (κ3) is 6.00. The highest BCUT2D eigenvalue weighted by atomic mass is 16.5. The van der Waals surface area contributed by atoms with Crippen LogP contribution in [-0.4, -0.2) is 61.0 Å². The van der Waals surface area contributed by atoms with Gasteiger partial charge in [0.05, 0.1) is 18.8 Å². The minimum Gasteiger partial charge on any atom is -0.497 e. The van der Waals surface area contributed by atoms with Crippen LogP contribution in [0.25, 0.3) is 0 Å². The Morgan fingerprint density at radius 2 is 1.84 bits per heavy atom. The van der Waals surface area contributed by atoms with Crippen LogP contribution in [0.2, 0.25) is 0 Å². The number of hydrogen-bond acceptors (Lipinski definition) is 4. The smallest absolute Gasteiger partial charge is 0.191 e. The minimum absolute atomic E-state index is 0.313. The van der Waals surface area contributed by atoms with E-state index in [1.165, 1.54) is 36.1 Å². The molecule has 0 amide bonds. The molecule has 0 saturated carbocycles. The molecule has 7 heteroatoms. The van der Waals surface area contributed by atoms with E-state index < -0.39 is 0 Å². The number of nitrogens with one attached hydrogen (secondary N) is 2. The van der Waals surface area contributed by atoms with Crippen LogP contribution in [0.15, 0.2) is 29.3 Å². The number of likely N-dealkylation sites (tertiary alicyclic amines) is 1. The third-order valence-corrected chi connectivity index (χ3v) is 6.34. The summed E-state index contributed by atoms with van der Waals surface area (Å²) in [5.74, 6) is 1.74. The van der Waals surface area contributed by atoms with Crippen molar-refractivity contribution in [3.8, 4) is 5.75 Å². The van der Waals surface area contributed by atoms with E-state index >= 15 is 0 Å². The summed E-state index contributed by atoms with van der Waals surface area (Å²) < 4.78 is 7.30. The zero-order chi connectivity index (χ0) is 22.2. The lowest BCUT2D eigenvalue weighted by Crippen LogP contribution is -2.44. The normalized spacial score (nSPS) is 16.2. The number of methoxy groups -OCH3 is 1. The van der Waals surface area contributed by atoms with Gasteiger partial charge in [0.15, 0.2) is 5.96 Å². The average molecular weight is 427 g/mol. The molecule has 31 heavy (non-hydrogen) atoms. The van der Waals surface area contributed by atoms with Crippen molar-refractivity contribution in [2.75, 3.05) is 40.3 Å². The lowest BCUT2D eigenvalue weighted by atomic mass is 10.0. The van der Waals surface area contributed by atoms with Crippen LogP contribution < -0.4 is 15.4 Å². The second kappa shape index (κ2) is 11.2. The van der Waals surface area contributed by atoms with Crippen LogP contribution in [0.1, 0.15) is 47.8 Å². The number of piperidine rings is 1. The van der Waals surface area contributed by atoms with E-state index in [1.807, 2.05) is 18.8 Å². The molecule has 2 N–H and O–H groups in total. The topological polar surface area (TPSA) is 66.7 Å². The van der Waals surface area contributed by atoms with Crippen LogP contribution in [0.3, 0.4) is 0 Å². The Morgan fingerprint density at radius 1 is 1.13 bits per heavy atom. The molecule has 0 radical (unpaired) electrons. The lowest BCUT2D eigenvalue weighted by Gasteiger charge is -2.35. The standard InChI is InChI=1S/C24H38N6O/c1-18-22(19(2)29(4)28-18)13-14-26-24(25-3)27-17-23(30-15-7-6-8-16-30)20-9-11-21(31-5)12-10-20/h9-12,23H,6-8,13-17H2,1-5H3,(H2,25,26,27). The minimum atomic E-state index is 0.313. The molecule has 1 aliphatic rings. The first kappa shape index (κ1) is 23.1. The Hall–Kier alpha value is -2.54. The molecule has 0 spiro atoms. The van der Waals surface area contributed by atoms with Crippen molar-refractivity contribution in [2.45, 2.75) is 45.6 Å². The summed E-state index contributed by atoms with van der Waals surface area (Å²) in [4.78, 5) is 7.03. The molecule has 2 heterocycles. The van der Waals surface area contributed by atoms with Crippen molar-refractivity contribution in [1.82, 2.24) is 25.3 Å². The Kier molecular flexibility index (Phi) is 8.35. The molecular weight excluding hydrogens is 388 g/mol. The number of aryl methyl sites for hydroxylation is 2. The predicted octanol–water partition coefficient (Wildman–Crippen LogP) is 2.98. The molecule has 1 fully saturated rings. The van der Waals surface area contributed by atoms with E-state index in [2.05, 4.69) is 63.7 Å². The maximum Gasteiger partial charge on any atom is 0.191 e. The fourth-order valence-electron chi connectivity index (χ4n) is 4.41. The highest BCUT2D eigenvalue weighted by molar-refractivity contribution is 5.79. The van der Waals surface area contributed by atoms with Gasteiger partial charge in [-0.05, 0) is 69.5 Å². The molecule has 0 aliphatic carbocycles. The van der Waals surface area contributed by atoms with Crippen LogP contribution in [0, 0.1) is 13.8 Å². The highest BCUT2D eigenvalue weighted by Crippen LogP contribution is 2.25. The molecule has 3 rings (SSSR count). The zero-order valence-electron chi connectivity index (χ0n) is 19.7. The van der Waals surface area contributed by atoms with Crippen LogP contribution in [0.5, 0.6) is 5.75 Å². The molecule has 1 atom stereocenters. The SMILES string of the molecule is CN=C(NCCc1c(C)nn(C)c1C)NCC(c1ccc(OC)cc1)N1CCCCC1. The zero-order valence-corrected chi connectivity index (χ0v) is 19.7. The van der Waals surface area contributed by atoms with Gasteiger partial charge in [0.2, 0.25) is 0 Å². The third-order valence-electron chi connectivity index (χ3n) is 6.34. The first-order valence-corrected chi connectivity index (χ1v) is 11.3. The molecule has 170 valence electrons. The van der Waals surface area contributed by atoms with Gasteiger partial charge in [-0.25, -0.2) is 0 Å². The molecule has 1 saturated heterocycles. The molecule has 1 unspecified atom stereocenters. The second-order valence-corrected chi connectivity index (χ2v) is 8.29. The van der Waals surface area contributed by atoms with Gasteiger partial charge in [-0.15, -0.1) is 0 Å². The van der Waals surface area contributed by atoms with E-state index in [-0.39, 0.29) is 0 Å². The summed E-state index contributed by atoms with van der Waals surface area (Å²) in [6, 6.07) is 8.79. The first-order chi connectivity index (χ1) is 15.0. The summed E-state index contributed by atoms with van der Waals surface area (Å²) in [6.45, 7) is 8.13. The number of aromatic nitrogens is 2. The van der Waals surface area contributed by atoms with Gasteiger partial charge in [0.1, 0.15) is 5.75 Å². The summed E-state index contributed by atoms with van der Waals surface area (Å²) >= 11 is 0. The summed E-state index contributed by atoms with van der Waals surface area (Å²) in [6.07, 6.45) is 4.79. The molecule has 1 aliphatic heterocycles. The number of ether oxygens (including phenoxy) is 1. The van der Waals surface area contributed by atoms with Gasteiger partial charge in [-0.2, -0.15) is 5.10 Å². The van der Waals surface area contributed by atoms with Gasteiger partial charge in [-0.3, -0.25) is 14.6 Å². The van der Waals surface area contributed by atoms with E-state index in [4.69, 9.17) is 4.74 Å². The van der Waals surface area contributed by atoms with E-state index in [9.17, 15) is 0 Å². The number of benzene rings is 1. The van der Waals surface area contributed by atoms with E-state index in [1.54, 1.807) is 7.11 Å². The second-order valence-electron chi connectivity index (χ2n) is 8.29. The summed E-state index contributed by atoms with van der Waals surface area (Å²) in [7, 11) is 5.54. The van der Waals surface area contributed by atoms with Crippen molar-refractivity contribution >= 4 is 5.96 Å². The number of aliphatic imine (C=N–C) groups is 1. The molecule has 0 bridgehead atoms.